The fourth-order valence-corrected chi connectivity index (χ4v) is 4.48. The summed E-state index contributed by atoms with van der Waals surface area (Å²) in [4.78, 5) is 17.3. The number of Topliss-reactive ketones (excluding diaryl/α,β-unsaturated/α-hetero) is 1. The molecule has 0 amide bonds. The molecule has 2 aromatic heterocycles. The Balaban J connectivity index is 1.48. The molecule has 1 aliphatic carbocycles. The van der Waals surface area contributed by atoms with E-state index in [1.165, 1.54) is 0 Å². The molecule has 1 aliphatic rings. The van der Waals surface area contributed by atoms with Crippen molar-refractivity contribution in [2.24, 2.45) is 5.92 Å². The topological polar surface area (TPSA) is 47.8 Å². The summed E-state index contributed by atoms with van der Waals surface area (Å²) in [7, 11) is 0. The van der Waals surface area contributed by atoms with Crippen molar-refractivity contribution in [1.29, 1.82) is 0 Å². The van der Waals surface area contributed by atoms with Gasteiger partial charge < -0.3 is 0 Å². The van der Waals surface area contributed by atoms with Crippen LogP contribution in [0.2, 0.25) is 0 Å². The molecule has 0 bridgehead atoms. The molecule has 0 saturated carbocycles. The summed E-state index contributed by atoms with van der Waals surface area (Å²) in [5, 5.41) is 5.30. The summed E-state index contributed by atoms with van der Waals surface area (Å²) in [6.45, 7) is 0. The summed E-state index contributed by atoms with van der Waals surface area (Å²) in [6, 6.07) is 18.2. The highest BCUT2D eigenvalue weighted by Gasteiger charge is 2.28. The molecular formula is C22H17N3OS. The van der Waals surface area contributed by atoms with E-state index >= 15 is 0 Å². The van der Waals surface area contributed by atoms with Crippen LogP contribution in [-0.4, -0.2) is 20.5 Å². The highest BCUT2D eigenvalue weighted by molar-refractivity contribution is 7.20. The van der Waals surface area contributed by atoms with Gasteiger partial charge in [0.1, 0.15) is 0 Å². The molecule has 0 aliphatic heterocycles. The number of thiazole rings is 1. The fourth-order valence-electron chi connectivity index (χ4n) is 3.53. The van der Waals surface area contributed by atoms with Gasteiger partial charge in [-0.1, -0.05) is 66.0 Å². The number of para-hydroxylation sites is 1. The van der Waals surface area contributed by atoms with E-state index in [4.69, 9.17) is 4.98 Å². The van der Waals surface area contributed by atoms with Gasteiger partial charge in [-0.25, -0.2) is 9.67 Å². The highest BCUT2D eigenvalue weighted by Crippen LogP contribution is 2.31. The third-order valence-electron chi connectivity index (χ3n) is 4.90. The molecule has 27 heavy (non-hydrogen) atoms. The van der Waals surface area contributed by atoms with E-state index in [0.29, 0.717) is 6.42 Å². The van der Waals surface area contributed by atoms with Crippen molar-refractivity contribution in [2.75, 3.05) is 0 Å². The van der Waals surface area contributed by atoms with Crippen molar-refractivity contribution in [3.63, 3.8) is 0 Å². The number of fused-ring (bicyclic) bond motifs is 2. The number of benzene rings is 2. The molecule has 2 heterocycles. The van der Waals surface area contributed by atoms with Crippen molar-refractivity contribution in [3.05, 3.63) is 83.7 Å². The van der Waals surface area contributed by atoms with Gasteiger partial charge in [0, 0.05) is 6.42 Å². The van der Waals surface area contributed by atoms with Crippen LogP contribution in [0.5, 0.6) is 0 Å². The van der Waals surface area contributed by atoms with Crippen LogP contribution >= 0.6 is 11.3 Å². The molecule has 5 heteroatoms. The number of aromatic nitrogens is 3. The molecule has 5 rings (SSSR count). The van der Waals surface area contributed by atoms with Crippen LogP contribution in [0.1, 0.15) is 28.0 Å². The van der Waals surface area contributed by atoms with Gasteiger partial charge in [0.25, 0.3) is 0 Å². The molecule has 0 radical (unpaired) electrons. The molecule has 0 N–H and O–H groups in total. The van der Waals surface area contributed by atoms with Crippen LogP contribution < -0.4 is 0 Å². The minimum atomic E-state index is 0.159. The van der Waals surface area contributed by atoms with Crippen molar-refractivity contribution in [3.8, 4) is 5.13 Å². The molecule has 4 nitrogen and oxygen atoms in total. The van der Waals surface area contributed by atoms with Crippen LogP contribution in [0.3, 0.4) is 0 Å². The number of carbonyl (C=O) groups is 1. The Morgan fingerprint density at radius 3 is 2.70 bits per heavy atom. The van der Waals surface area contributed by atoms with Gasteiger partial charge in [-0.3, -0.25) is 4.79 Å². The van der Waals surface area contributed by atoms with E-state index in [9.17, 15) is 4.79 Å². The Hall–Kier alpha value is -3.05. The highest BCUT2D eigenvalue weighted by atomic mass is 32.1. The lowest BCUT2D eigenvalue weighted by Crippen LogP contribution is -2.20. The number of rotatable bonds is 3. The van der Waals surface area contributed by atoms with E-state index in [1.54, 1.807) is 17.5 Å². The quantitative estimate of drug-likeness (QED) is 0.512. The number of hydrogen-bond donors (Lipinski definition) is 0. The fraction of sp³-hybridized carbons (Fsp3) is 0.136. The Bertz CT molecular complexity index is 1120. The van der Waals surface area contributed by atoms with E-state index in [2.05, 4.69) is 35.4 Å². The number of allylic oxidation sites excluding steroid dienone is 1. The van der Waals surface area contributed by atoms with E-state index in [1.807, 2.05) is 41.1 Å². The predicted molar refractivity (Wildman–Crippen MR) is 108 cm³/mol. The molecule has 0 saturated heterocycles. The summed E-state index contributed by atoms with van der Waals surface area (Å²) >= 11 is 1.60. The van der Waals surface area contributed by atoms with Gasteiger partial charge in [-0.05, 0) is 30.0 Å². The first-order valence-corrected chi connectivity index (χ1v) is 9.79. The Labute approximate surface area is 160 Å². The lowest BCUT2D eigenvalue weighted by molar-refractivity contribution is 0.0958. The number of hydrogen-bond acceptors (Lipinski definition) is 4. The maximum Gasteiger partial charge on any atom is 0.211 e. The van der Waals surface area contributed by atoms with Crippen molar-refractivity contribution < 1.29 is 4.79 Å². The Morgan fingerprint density at radius 1 is 1.04 bits per heavy atom. The van der Waals surface area contributed by atoms with Gasteiger partial charge in [-0.2, -0.15) is 5.10 Å². The Morgan fingerprint density at radius 2 is 1.85 bits per heavy atom. The number of nitrogens with zero attached hydrogens (tertiary/aromatic N) is 3. The van der Waals surface area contributed by atoms with Crippen LogP contribution in [0, 0.1) is 5.92 Å². The largest absolute Gasteiger partial charge is 0.294 e. The van der Waals surface area contributed by atoms with Gasteiger partial charge in [-0.15, -0.1) is 0 Å². The third-order valence-corrected chi connectivity index (χ3v) is 5.91. The second-order valence-corrected chi connectivity index (χ2v) is 7.75. The second-order valence-electron chi connectivity index (χ2n) is 6.74. The standard InChI is InChI=1S/C22H17N3OS/c26-20-13-16(11-10-15-6-2-1-3-7-15)12-19-17(20)14-23-25(19)22-24-18-8-4-5-9-21(18)27-22/h1-11,14,16H,12-13H2/b11-10+. The van der Waals surface area contributed by atoms with Crippen LogP contribution in [0.15, 0.2) is 66.9 Å². The van der Waals surface area contributed by atoms with Crippen LogP contribution in [0.4, 0.5) is 0 Å². The maximum absolute atomic E-state index is 12.6. The minimum absolute atomic E-state index is 0.159. The van der Waals surface area contributed by atoms with Crippen LogP contribution in [0.25, 0.3) is 21.4 Å². The van der Waals surface area contributed by atoms with Gasteiger partial charge in [0.15, 0.2) is 5.78 Å². The molecule has 1 atom stereocenters. The minimum Gasteiger partial charge on any atom is -0.294 e. The Kier molecular flexibility index (Phi) is 3.94. The first-order chi connectivity index (χ1) is 13.3. The second kappa shape index (κ2) is 6.59. The van der Waals surface area contributed by atoms with Crippen molar-refractivity contribution in [2.45, 2.75) is 12.8 Å². The van der Waals surface area contributed by atoms with Crippen molar-refractivity contribution in [1.82, 2.24) is 14.8 Å². The van der Waals surface area contributed by atoms with Gasteiger partial charge >= 0.3 is 0 Å². The smallest absolute Gasteiger partial charge is 0.211 e. The first-order valence-electron chi connectivity index (χ1n) is 8.97. The van der Waals surface area contributed by atoms with Gasteiger partial charge in [0.05, 0.1) is 27.7 Å². The van der Waals surface area contributed by atoms with E-state index in [0.717, 1.165) is 38.6 Å². The van der Waals surface area contributed by atoms with E-state index < -0.39 is 0 Å². The molecule has 2 aromatic carbocycles. The molecule has 132 valence electrons. The molecule has 1 unspecified atom stereocenters. The summed E-state index contributed by atoms with van der Waals surface area (Å²) in [6.07, 6.45) is 7.26. The zero-order valence-electron chi connectivity index (χ0n) is 14.6. The summed E-state index contributed by atoms with van der Waals surface area (Å²) < 4.78 is 2.97. The third kappa shape index (κ3) is 3.00. The lowest BCUT2D eigenvalue weighted by Gasteiger charge is -2.19. The summed E-state index contributed by atoms with van der Waals surface area (Å²) in [5.41, 5.74) is 3.81. The normalized spacial score (nSPS) is 16.9. The molecule has 0 spiro atoms. The lowest BCUT2D eigenvalue weighted by atomic mass is 9.86. The summed E-state index contributed by atoms with van der Waals surface area (Å²) in [5.74, 6) is 0.335. The molecule has 0 fully saturated rings. The number of carbonyl (C=O) groups excluding carboxylic acids is 1. The maximum atomic E-state index is 12.6. The molecule has 4 aromatic rings. The average Bonchev–Trinajstić information content (AvgIpc) is 3.31. The zero-order valence-corrected chi connectivity index (χ0v) is 15.4. The van der Waals surface area contributed by atoms with E-state index in [-0.39, 0.29) is 11.7 Å². The van der Waals surface area contributed by atoms with Crippen molar-refractivity contribution >= 4 is 33.4 Å². The molecular weight excluding hydrogens is 354 g/mol. The monoisotopic (exact) mass is 371 g/mol. The number of ketones is 1. The SMILES string of the molecule is O=C1CC(/C=C/c2ccccc2)Cc2c1cnn2-c1nc2ccccc2s1. The first kappa shape index (κ1) is 16.1. The van der Waals surface area contributed by atoms with Gasteiger partial charge in [0.2, 0.25) is 5.13 Å². The average molecular weight is 371 g/mol. The van der Waals surface area contributed by atoms with Crippen LogP contribution in [-0.2, 0) is 6.42 Å². The predicted octanol–water partition coefficient (Wildman–Crippen LogP) is 4.94. The zero-order chi connectivity index (χ0) is 18.2.